The highest BCUT2D eigenvalue weighted by Gasteiger charge is 2.15. The topological polar surface area (TPSA) is 57.3 Å². The first-order chi connectivity index (χ1) is 10.0. The molecule has 21 heavy (non-hydrogen) atoms. The van der Waals surface area contributed by atoms with Crippen LogP contribution in [-0.2, 0) is 0 Å². The molecule has 2 aromatic rings. The minimum atomic E-state index is -0.665. The molecular weight excluding hydrogens is 271 g/mol. The van der Waals surface area contributed by atoms with Crippen LogP contribution in [0.2, 0.25) is 0 Å². The van der Waals surface area contributed by atoms with E-state index >= 15 is 0 Å². The first-order valence-electron chi connectivity index (χ1n) is 6.44. The summed E-state index contributed by atoms with van der Waals surface area (Å²) in [6.45, 7) is 0. The van der Waals surface area contributed by atoms with Gasteiger partial charge in [-0.25, -0.2) is 9.37 Å². The second-order valence-corrected chi connectivity index (χ2v) is 4.67. The van der Waals surface area contributed by atoms with Gasteiger partial charge in [-0.2, -0.15) is 0 Å². The lowest BCUT2D eigenvalue weighted by Crippen LogP contribution is -2.16. The third-order valence-electron chi connectivity index (χ3n) is 2.99. The van der Waals surface area contributed by atoms with Crippen LogP contribution in [0.1, 0.15) is 10.4 Å². The number of hydrogen-bond donors (Lipinski definition) is 2. The predicted molar refractivity (Wildman–Crippen MR) is 82.5 cm³/mol. The highest BCUT2D eigenvalue weighted by molar-refractivity contribution is 6.05. The molecule has 6 heteroatoms. The van der Waals surface area contributed by atoms with Gasteiger partial charge >= 0.3 is 0 Å². The van der Waals surface area contributed by atoms with Gasteiger partial charge in [-0.05, 0) is 24.3 Å². The smallest absolute Gasteiger partial charge is 0.258 e. The summed E-state index contributed by atoms with van der Waals surface area (Å²) in [6.07, 6.45) is 1.39. The number of carbonyl (C=O) groups excluding carboxylic acids is 1. The minimum absolute atomic E-state index is 0.0460. The van der Waals surface area contributed by atoms with E-state index in [1.807, 2.05) is 37.2 Å². The molecule has 1 heterocycles. The summed E-state index contributed by atoms with van der Waals surface area (Å²) < 4.78 is 14.0. The van der Waals surface area contributed by atoms with E-state index < -0.39 is 11.7 Å². The largest absolute Gasteiger partial charge is 0.378 e. The van der Waals surface area contributed by atoms with Gasteiger partial charge in [0, 0.05) is 38.7 Å². The van der Waals surface area contributed by atoms with Crippen LogP contribution in [0, 0.1) is 5.82 Å². The van der Waals surface area contributed by atoms with Crippen LogP contribution in [-0.4, -0.2) is 32.0 Å². The van der Waals surface area contributed by atoms with E-state index in [2.05, 4.69) is 15.6 Å². The molecule has 1 aromatic carbocycles. The summed E-state index contributed by atoms with van der Waals surface area (Å²) in [6, 6.07) is 8.66. The highest BCUT2D eigenvalue weighted by Crippen LogP contribution is 2.20. The SMILES string of the molecule is CNc1nccc(C(=O)Nc2cccc(N(C)C)c2)c1F. The van der Waals surface area contributed by atoms with Crippen molar-refractivity contribution in [3.63, 3.8) is 0 Å². The molecular formula is C15H17FN4O. The van der Waals surface area contributed by atoms with Crippen LogP contribution < -0.4 is 15.5 Å². The van der Waals surface area contributed by atoms with E-state index in [1.165, 1.54) is 12.3 Å². The normalized spacial score (nSPS) is 10.1. The maximum absolute atomic E-state index is 14.0. The molecule has 1 aromatic heterocycles. The Morgan fingerprint density at radius 3 is 2.71 bits per heavy atom. The first kappa shape index (κ1) is 14.8. The maximum atomic E-state index is 14.0. The van der Waals surface area contributed by atoms with Crippen molar-refractivity contribution in [1.29, 1.82) is 0 Å². The molecule has 5 nitrogen and oxygen atoms in total. The van der Waals surface area contributed by atoms with Crippen molar-refractivity contribution >= 4 is 23.1 Å². The van der Waals surface area contributed by atoms with Crippen molar-refractivity contribution in [2.24, 2.45) is 0 Å². The Morgan fingerprint density at radius 1 is 1.29 bits per heavy atom. The summed E-state index contributed by atoms with van der Waals surface area (Å²) >= 11 is 0. The third-order valence-corrected chi connectivity index (χ3v) is 2.99. The number of nitrogens with zero attached hydrogens (tertiary/aromatic N) is 2. The third kappa shape index (κ3) is 3.28. The van der Waals surface area contributed by atoms with Crippen LogP contribution >= 0.6 is 0 Å². The Kier molecular flexibility index (Phi) is 4.37. The van der Waals surface area contributed by atoms with Gasteiger partial charge in [0.05, 0.1) is 5.56 Å². The highest BCUT2D eigenvalue weighted by atomic mass is 19.1. The van der Waals surface area contributed by atoms with Gasteiger partial charge in [0.2, 0.25) is 0 Å². The number of nitrogens with one attached hydrogen (secondary N) is 2. The van der Waals surface area contributed by atoms with Crippen molar-refractivity contribution < 1.29 is 9.18 Å². The molecule has 0 saturated carbocycles. The van der Waals surface area contributed by atoms with E-state index in [-0.39, 0.29) is 11.4 Å². The standard InChI is InChI=1S/C15H17FN4O/c1-17-14-13(16)12(7-8-18-14)15(21)19-10-5-4-6-11(9-10)20(2)3/h4-9H,1-3H3,(H,17,18)(H,19,21). The number of benzene rings is 1. The zero-order valence-electron chi connectivity index (χ0n) is 12.1. The van der Waals surface area contributed by atoms with Crippen molar-refractivity contribution in [3.05, 3.63) is 47.9 Å². The Bertz CT molecular complexity index is 658. The van der Waals surface area contributed by atoms with E-state index in [9.17, 15) is 9.18 Å². The molecule has 0 saturated heterocycles. The van der Waals surface area contributed by atoms with E-state index in [1.54, 1.807) is 13.1 Å². The number of carbonyl (C=O) groups is 1. The molecule has 2 N–H and O–H groups in total. The molecule has 0 unspecified atom stereocenters. The van der Waals surface area contributed by atoms with Gasteiger partial charge in [0.1, 0.15) is 0 Å². The summed E-state index contributed by atoms with van der Waals surface area (Å²) in [5.41, 5.74) is 1.50. The van der Waals surface area contributed by atoms with Crippen molar-refractivity contribution in [2.75, 3.05) is 36.7 Å². The van der Waals surface area contributed by atoms with Gasteiger partial charge in [-0.1, -0.05) is 6.07 Å². The van der Waals surface area contributed by atoms with Crippen LogP contribution in [0.3, 0.4) is 0 Å². The Balaban J connectivity index is 2.24. The summed E-state index contributed by atoms with van der Waals surface area (Å²) in [5, 5.41) is 5.29. The number of hydrogen-bond acceptors (Lipinski definition) is 4. The molecule has 2 rings (SSSR count). The predicted octanol–water partition coefficient (Wildman–Crippen LogP) is 2.58. The van der Waals surface area contributed by atoms with Gasteiger partial charge in [0.15, 0.2) is 11.6 Å². The number of amides is 1. The van der Waals surface area contributed by atoms with Crippen molar-refractivity contribution in [2.45, 2.75) is 0 Å². The number of rotatable bonds is 4. The van der Waals surface area contributed by atoms with E-state index in [4.69, 9.17) is 0 Å². The monoisotopic (exact) mass is 288 g/mol. The molecule has 0 atom stereocenters. The van der Waals surface area contributed by atoms with Gasteiger partial charge in [-0.15, -0.1) is 0 Å². The Hall–Kier alpha value is -2.63. The second-order valence-electron chi connectivity index (χ2n) is 4.67. The number of pyridine rings is 1. The average molecular weight is 288 g/mol. The van der Waals surface area contributed by atoms with Crippen LogP contribution in [0.5, 0.6) is 0 Å². The fourth-order valence-corrected chi connectivity index (χ4v) is 1.85. The Morgan fingerprint density at radius 2 is 2.05 bits per heavy atom. The van der Waals surface area contributed by atoms with E-state index in [0.717, 1.165) is 5.69 Å². The molecule has 0 aliphatic rings. The molecule has 0 radical (unpaired) electrons. The molecule has 0 bridgehead atoms. The number of aromatic nitrogens is 1. The zero-order chi connectivity index (χ0) is 15.4. The minimum Gasteiger partial charge on any atom is -0.378 e. The fraction of sp³-hybridized carbons (Fsp3) is 0.200. The lowest BCUT2D eigenvalue weighted by atomic mass is 10.2. The summed E-state index contributed by atoms with van der Waals surface area (Å²) in [4.78, 5) is 17.9. The second kappa shape index (κ2) is 6.21. The number of halogens is 1. The lowest BCUT2D eigenvalue weighted by Gasteiger charge is -2.14. The quantitative estimate of drug-likeness (QED) is 0.908. The summed E-state index contributed by atoms with van der Waals surface area (Å²) in [5.74, 6) is -1.13. The summed E-state index contributed by atoms with van der Waals surface area (Å²) in [7, 11) is 5.36. The van der Waals surface area contributed by atoms with Gasteiger partial charge in [0.25, 0.3) is 5.91 Å². The van der Waals surface area contributed by atoms with Crippen LogP contribution in [0.25, 0.3) is 0 Å². The zero-order valence-corrected chi connectivity index (χ0v) is 12.1. The molecule has 1 amide bonds. The average Bonchev–Trinajstić information content (AvgIpc) is 2.47. The maximum Gasteiger partial charge on any atom is 0.258 e. The van der Waals surface area contributed by atoms with Crippen LogP contribution in [0.4, 0.5) is 21.6 Å². The van der Waals surface area contributed by atoms with Crippen LogP contribution in [0.15, 0.2) is 36.5 Å². The fourth-order valence-electron chi connectivity index (χ4n) is 1.85. The molecule has 110 valence electrons. The number of anilines is 3. The first-order valence-corrected chi connectivity index (χ1v) is 6.44. The Labute approximate surface area is 122 Å². The molecule has 0 aliphatic heterocycles. The molecule has 0 spiro atoms. The molecule has 0 aliphatic carbocycles. The van der Waals surface area contributed by atoms with Gasteiger partial charge < -0.3 is 15.5 Å². The lowest BCUT2D eigenvalue weighted by molar-refractivity contribution is 0.102. The van der Waals surface area contributed by atoms with Crippen molar-refractivity contribution in [3.8, 4) is 0 Å². The molecule has 0 fully saturated rings. The van der Waals surface area contributed by atoms with E-state index in [0.29, 0.717) is 5.69 Å². The van der Waals surface area contributed by atoms with Gasteiger partial charge in [-0.3, -0.25) is 4.79 Å². The van der Waals surface area contributed by atoms with Crippen molar-refractivity contribution in [1.82, 2.24) is 4.98 Å².